The molecule has 2 bridgehead atoms. The first-order valence-electron chi connectivity index (χ1n) is 8.16. The van der Waals surface area contributed by atoms with E-state index in [4.69, 9.17) is 0 Å². The van der Waals surface area contributed by atoms with Crippen LogP contribution in [0.3, 0.4) is 0 Å². The number of hydrogen-bond donors (Lipinski definition) is 0. The molecule has 2 aliphatic carbocycles. The van der Waals surface area contributed by atoms with Crippen molar-refractivity contribution in [3.8, 4) is 0 Å². The minimum atomic E-state index is -0.318. The van der Waals surface area contributed by atoms with E-state index in [0.29, 0.717) is 11.5 Å². The fourth-order valence-electron chi connectivity index (χ4n) is 4.58. The molecular formula is C18H21NO2. The van der Waals surface area contributed by atoms with Crippen molar-refractivity contribution in [1.29, 1.82) is 0 Å². The summed E-state index contributed by atoms with van der Waals surface area (Å²) in [6.45, 7) is 2.81. The maximum atomic E-state index is 12.3. The summed E-state index contributed by atoms with van der Waals surface area (Å²) in [5.74, 6) is 1.61. The maximum Gasteiger partial charge on any atom is 0.299 e. The van der Waals surface area contributed by atoms with Gasteiger partial charge in [0.05, 0.1) is 11.3 Å². The average Bonchev–Trinajstić information content (AvgIpc) is 3.18. The lowest BCUT2D eigenvalue weighted by Crippen LogP contribution is -2.36. The molecular weight excluding hydrogens is 262 g/mol. The largest absolute Gasteiger partial charge is 0.304 e. The van der Waals surface area contributed by atoms with Crippen LogP contribution < -0.4 is 4.90 Å². The second-order valence-corrected chi connectivity index (χ2v) is 6.88. The van der Waals surface area contributed by atoms with E-state index in [1.807, 2.05) is 18.2 Å². The van der Waals surface area contributed by atoms with Crippen LogP contribution in [0.1, 0.15) is 48.5 Å². The average molecular weight is 283 g/mol. The Bertz CT molecular complexity index is 622. The number of fused-ring (bicyclic) bond motifs is 3. The Morgan fingerprint density at radius 2 is 2.05 bits per heavy atom. The highest BCUT2D eigenvalue weighted by Crippen LogP contribution is 2.49. The Morgan fingerprint density at radius 1 is 1.19 bits per heavy atom. The molecule has 1 aromatic rings. The number of aryl methyl sites for hydroxylation is 1. The summed E-state index contributed by atoms with van der Waals surface area (Å²) < 4.78 is 0. The van der Waals surface area contributed by atoms with Crippen LogP contribution in [-0.2, 0) is 11.2 Å². The third-order valence-corrected chi connectivity index (χ3v) is 5.75. The summed E-state index contributed by atoms with van der Waals surface area (Å²) in [5, 5.41) is 0. The lowest BCUT2D eigenvalue weighted by Gasteiger charge is -2.27. The van der Waals surface area contributed by atoms with Crippen LogP contribution in [0.15, 0.2) is 18.2 Å². The van der Waals surface area contributed by atoms with Gasteiger partial charge < -0.3 is 4.90 Å². The van der Waals surface area contributed by atoms with Crippen LogP contribution in [-0.4, -0.2) is 18.2 Å². The lowest BCUT2D eigenvalue weighted by atomic mass is 9.88. The molecule has 1 aliphatic heterocycles. The molecule has 3 unspecified atom stereocenters. The van der Waals surface area contributed by atoms with Gasteiger partial charge in [0.2, 0.25) is 0 Å². The summed E-state index contributed by atoms with van der Waals surface area (Å²) in [5.41, 5.74) is 2.57. The number of rotatable bonds is 3. The van der Waals surface area contributed by atoms with Crippen LogP contribution in [0, 0.1) is 17.8 Å². The minimum absolute atomic E-state index is 0.316. The van der Waals surface area contributed by atoms with Crippen molar-refractivity contribution in [3.63, 3.8) is 0 Å². The van der Waals surface area contributed by atoms with E-state index in [1.165, 1.54) is 25.7 Å². The molecule has 0 radical (unpaired) electrons. The molecule has 1 amide bonds. The van der Waals surface area contributed by atoms with Crippen LogP contribution in [0.2, 0.25) is 0 Å². The SMILES string of the molecule is CCc1ccc2c(c1)C(=O)C(=O)N2CC1CC2CCC1C2. The number of amides is 1. The molecule has 4 rings (SSSR count). The Labute approximate surface area is 125 Å². The first kappa shape index (κ1) is 13.1. The van der Waals surface area contributed by atoms with E-state index in [9.17, 15) is 9.59 Å². The van der Waals surface area contributed by atoms with Gasteiger partial charge in [-0.2, -0.15) is 0 Å². The van der Waals surface area contributed by atoms with Crippen molar-refractivity contribution in [3.05, 3.63) is 29.3 Å². The Hall–Kier alpha value is -1.64. The summed E-state index contributed by atoms with van der Waals surface area (Å²) >= 11 is 0. The number of hydrogen-bond acceptors (Lipinski definition) is 2. The van der Waals surface area contributed by atoms with Gasteiger partial charge in [-0.15, -0.1) is 0 Å². The summed E-state index contributed by atoms with van der Waals surface area (Å²) in [4.78, 5) is 26.3. The monoisotopic (exact) mass is 283 g/mol. The molecule has 2 fully saturated rings. The standard InChI is InChI=1S/C18H21NO2/c1-2-11-4-6-16-15(9-11)17(20)18(21)19(16)10-14-8-12-3-5-13(14)7-12/h4,6,9,12-14H,2-3,5,7-8,10H2,1H3. The minimum Gasteiger partial charge on any atom is -0.304 e. The number of anilines is 1. The molecule has 1 heterocycles. The topological polar surface area (TPSA) is 37.4 Å². The molecule has 1 aromatic carbocycles. The van der Waals surface area contributed by atoms with Crippen LogP contribution in [0.5, 0.6) is 0 Å². The molecule has 0 aromatic heterocycles. The van der Waals surface area contributed by atoms with E-state index >= 15 is 0 Å². The van der Waals surface area contributed by atoms with Gasteiger partial charge in [0.25, 0.3) is 11.7 Å². The van der Waals surface area contributed by atoms with E-state index in [2.05, 4.69) is 6.92 Å². The van der Waals surface area contributed by atoms with Crippen molar-refractivity contribution in [2.45, 2.75) is 39.0 Å². The van der Waals surface area contributed by atoms with Gasteiger partial charge in [-0.3, -0.25) is 9.59 Å². The van der Waals surface area contributed by atoms with Crippen molar-refractivity contribution < 1.29 is 9.59 Å². The van der Waals surface area contributed by atoms with Gasteiger partial charge in [0, 0.05) is 6.54 Å². The third kappa shape index (κ3) is 1.94. The fraction of sp³-hybridized carbons (Fsp3) is 0.556. The van der Waals surface area contributed by atoms with E-state index < -0.39 is 0 Å². The first-order chi connectivity index (χ1) is 10.2. The number of Topliss-reactive ketones (excluding diaryl/α,β-unsaturated/α-hetero) is 1. The van der Waals surface area contributed by atoms with Crippen LogP contribution >= 0.6 is 0 Å². The highest BCUT2D eigenvalue weighted by atomic mass is 16.2. The zero-order valence-corrected chi connectivity index (χ0v) is 12.5. The summed E-state index contributed by atoms with van der Waals surface area (Å²) in [6.07, 6.45) is 6.14. The van der Waals surface area contributed by atoms with Crippen molar-refractivity contribution >= 4 is 17.4 Å². The number of benzene rings is 1. The lowest BCUT2D eigenvalue weighted by molar-refractivity contribution is -0.114. The first-order valence-corrected chi connectivity index (χ1v) is 8.16. The van der Waals surface area contributed by atoms with Gasteiger partial charge in [-0.05, 0) is 61.1 Å². The summed E-state index contributed by atoms with van der Waals surface area (Å²) in [7, 11) is 0. The number of carbonyl (C=O) groups excluding carboxylic acids is 2. The molecule has 0 spiro atoms. The molecule has 110 valence electrons. The smallest absolute Gasteiger partial charge is 0.299 e. The molecule has 21 heavy (non-hydrogen) atoms. The van der Waals surface area contributed by atoms with Crippen molar-refractivity contribution in [2.75, 3.05) is 11.4 Å². The van der Waals surface area contributed by atoms with Crippen LogP contribution in [0.25, 0.3) is 0 Å². The van der Waals surface area contributed by atoms with E-state index in [1.54, 1.807) is 4.90 Å². The molecule has 3 atom stereocenters. The molecule has 3 aliphatic rings. The Balaban J connectivity index is 1.62. The fourth-order valence-corrected chi connectivity index (χ4v) is 4.58. The van der Waals surface area contributed by atoms with Gasteiger partial charge in [0.1, 0.15) is 0 Å². The predicted molar refractivity (Wildman–Crippen MR) is 81.4 cm³/mol. The third-order valence-electron chi connectivity index (χ3n) is 5.75. The second-order valence-electron chi connectivity index (χ2n) is 6.88. The number of nitrogens with zero attached hydrogens (tertiary/aromatic N) is 1. The summed E-state index contributed by atoms with van der Waals surface area (Å²) in [6, 6.07) is 5.90. The van der Waals surface area contributed by atoms with Gasteiger partial charge >= 0.3 is 0 Å². The van der Waals surface area contributed by atoms with Gasteiger partial charge in [-0.25, -0.2) is 0 Å². The highest BCUT2D eigenvalue weighted by Gasteiger charge is 2.43. The van der Waals surface area contributed by atoms with Crippen LogP contribution in [0.4, 0.5) is 5.69 Å². The normalized spacial score (nSPS) is 30.3. The second kappa shape index (κ2) is 4.69. The predicted octanol–water partition coefficient (Wildman–Crippen LogP) is 3.21. The number of carbonyl (C=O) groups is 2. The molecule has 3 nitrogen and oxygen atoms in total. The van der Waals surface area contributed by atoms with Crippen molar-refractivity contribution in [2.24, 2.45) is 17.8 Å². The zero-order chi connectivity index (χ0) is 14.6. The zero-order valence-electron chi connectivity index (χ0n) is 12.5. The molecule has 3 heteroatoms. The maximum absolute atomic E-state index is 12.3. The number of ketones is 1. The molecule has 0 saturated heterocycles. The Morgan fingerprint density at radius 3 is 2.71 bits per heavy atom. The molecule has 2 saturated carbocycles. The van der Waals surface area contributed by atoms with Crippen molar-refractivity contribution in [1.82, 2.24) is 0 Å². The quantitative estimate of drug-likeness (QED) is 0.799. The van der Waals surface area contributed by atoms with E-state index in [-0.39, 0.29) is 11.7 Å². The Kier molecular flexibility index (Phi) is 2.91. The van der Waals surface area contributed by atoms with Gasteiger partial charge in [0.15, 0.2) is 0 Å². The molecule has 0 N–H and O–H groups in total. The van der Waals surface area contributed by atoms with E-state index in [0.717, 1.165) is 36.1 Å². The highest BCUT2D eigenvalue weighted by molar-refractivity contribution is 6.52. The van der Waals surface area contributed by atoms with Gasteiger partial charge in [-0.1, -0.05) is 19.4 Å².